The van der Waals surface area contributed by atoms with E-state index in [0.29, 0.717) is 23.0 Å². The summed E-state index contributed by atoms with van der Waals surface area (Å²) in [6, 6.07) is 27.1. The third-order valence-electron chi connectivity index (χ3n) is 7.21. The maximum absolute atomic E-state index is 13.6. The summed E-state index contributed by atoms with van der Waals surface area (Å²) in [6.45, 7) is 1.90. The van der Waals surface area contributed by atoms with E-state index >= 15 is 0 Å². The Kier molecular flexibility index (Phi) is 7.29. The van der Waals surface area contributed by atoms with Crippen molar-refractivity contribution in [3.63, 3.8) is 0 Å². The first-order chi connectivity index (χ1) is 22.3. The van der Waals surface area contributed by atoms with Crippen LogP contribution in [0.25, 0.3) is 33.9 Å². The molecule has 1 aromatic carbocycles. The second-order valence-electron chi connectivity index (χ2n) is 10.3. The van der Waals surface area contributed by atoms with Crippen molar-refractivity contribution in [2.24, 2.45) is 0 Å². The highest BCUT2D eigenvalue weighted by molar-refractivity contribution is 5.79. The lowest BCUT2D eigenvalue weighted by Crippen LogP contribution is -2.16. The summed E-state index contributed by atoms with van der Waals surface area (Å²) < 4.78 is 43.6. The van der Waals surface area contributed by atoms with Gasteiger partial charge in [-0.1, -0.05) is 18.2 Å². The number of pyridine rings is 4. The van der Waals surface area contributed by atoms with E-state index in [4.69, 9.17) is 9.97 Å². The molecular weight excluding hydrogens is 591 g/mol. The molecule has 46 heavy (non-hydrogen) atoms. The Morgan fingerprint density at radius 3 is 1.59 bits per heavy atom. The molecule has 0 saturated heterocycles. The highest BCUT2D eigenvalue weighted by atomic mass is 19.4. The van der Waals surface area contributed by atoms with Gasteiger partial charge in [-0.15, -0.1) is 0 Å². The quantitative estimate of drug-likeness (QED) is 0.181. The molecule has 0 saturated carbocycles. The molecule has 0 radical (unpaired) electrons. The van der Waals surface area contributed by atoms with Crippen molar-refractivity contribution in [3.8, 4) is 33.9 Å². The average Bonchev–Trinajstić information content (AvgIpc) is 3.76. The molecule has 7 aromatic rings. The van der Waals surface area contributed by atoms with Crippen LogP contribution < -0.4 is 4.90 Å². The lowest BCUT2D eigenvalue weighted by molar-refractivity contribution is -0.141. The van der Waals surface area contributed by atoms with Crippen molar-refractivity contribution in [2.45, 2.75) is 13.1 Å². The first-order valence-electron chi connectivity index (χ1n) is 14.2. The molecule has 6 aromatic heterocycles. The van der Waals surface area contributed by atoms with E-state index in [1.807, 2.05) is 78.7 Å². The predicted molar refractivity (Wildman–Crippen MR) is 167 cm³/mol. The molecule has 0 aliphatic heterocycles. The van der Waals surface area contributed by atoms with E-state index in [2.05, 4.69) is 20.2 Å². The van der Waals surface area contributed by atoms with Gasteiger partial charge in [0, 0.05) is 54.0 Å². The molecule has 0 atom stereocenters. The molecule has 9 nitrogen and oxygen atoms in total. The molecule has 0 aliphatic carbocycles. The summed E-state index contributed by atoms with van der Waals surface area (Å²) in [5.74, 6) is 1.71. The van der Waals surface area contributed by atoms with Crippen molar-refractivity contribution in [2.75, 3.05) is 4.90 Å². The number of benzene rings is 1. The lowest BCUT2D eigenvalue weighted by atomic mass is 10.1. The maximum atomic E-state index is 13.6. The van der Waals surface area contributed by atoms with Crippen molar-refractivity contribution >= 4 is 17.3 Å². The summed E-state index contributed by atoms with van der Waals surface area (Å²) >= 11 is 0. The first kappa shape index (κ1) is 28.6. The van der Waals surface area contributed by atoms with Crippen LogP contribution >= 0.6 is 0 Å². The van der Waals surface area contributed by atoms with Gasteiger partial charge in [-0.05, 0) is 90.8 Å². The molecule has 0 aliphatic rings. The molecule has 6 heterocycles. The van der Waals surface area contributed by atoms with Gasteiger partial charge in [-0.2, -0.15) is 23.4 Å². The van der Waals surface area contributed by atoms with Crippen molar-refractivity contribution in [1.82, 2.24) is 39.5 Å². The van der Waals surface area contributed by atoms with Gasteiger partial charge in [0.1, 0.15) is 11.6 Å². The van der Waals surface area contributed by atoms with E-state index in [-0.39, 0.29) is 5.82 Å². The summed E-state index contributed by atoms with van der Waals surface area (Å²) in [7, 11) is 0. The molecule has 226 valence electrons. The number of hydrogen-bond acceptors (Lipinski definition) is 7. The Morgan fingerprint density at radius 2 is 1.11 bits per heavy atom. The van der Waals surface area contributed by atoms with Crippen LogP contribution in [-0.4, -0.2) is 39.5 Å². The predicted octanol–water partition coefficient (Wildman–Crippen LogP) is 7.77. The Labute approximate surface area is 261 Å². The molecule has 0 unspecified atom stereocenters. The van der Waals surface area contributed by atoms with Crippen LogP contribution in [0.3, 0.4) is 0 Å². The number of alkyl halides is 3. The standard InChI is InChI=1S/C34H24F3N9/c1-23-15-21-44(42-23)32-27(24-11-17-38-18-12-24)7-9-30(40-32)46(26-5-3-2-4-6-26)31-10-8-28(25-13-19-39-20-14-25)33(41-31)45-22-16-29(43-45)34(35,36)37/h2-22H,1H3. The van der Waals surface area contributed by atoms with Crippen LogP contribution in [0.5, 0.6) is 0 Å². The molecule has 0 spiro atoms. The minimum Gasteiger partial charge on any atom is -0.279 e. The van der Waals surface area contributed by atoms with Gasteiger partial charge in [-0.3, -0.25) is 14.9 Å². The third kappa shape index (κ3) is 5.59. The molecule has 7 rings (SSSR count). The maximum Gasteiger partial charge on any atom is 0.435 e. The fraction of sp³-hybridized carbons (Fsp3) is 0.0588. The summed E-state index contributed by atoms with van der Waals surface area (Å²) in [5, 5.41) is 8.48. The Morgan fingerprint density at radius 1 is 0.587 bits per heavy atom. The number of hydrogen-bond donors (Lipinski definition) is 0. The number of para-hydroxylation sites is 1. The topological polar surface area (TPSA) is 90.4 Å². The van der Waals surface area contributed by atoms with Crippen molar-refractivity contribution in [1.29, 1.82) is 0 Å². The second-order valence-corrected chi connectivity index (χ2v) is 10.3. The van der Waals surface area contributed by atoms with Crippen LogP contribution in [0, 0.1) is 6.92 Å². The van der Waals surface area contributed by atoms with Gasteiger partial charge in [0.15, 0.2) is 17.3 Å². The molecular formula is C34H24F3N9. The smallest absolute Gasteiger partial charge is 0.279 e. The van der Waals surface area contributed by atoms with Crippen molar-refractivity contribution in [3.05, 3.63) is 140 Å². The molecule has 0 bridgehead atoms. The summed E-state index contributed by atoms with van der Waals surface area (Å²) in [6.07, 6.45) is 5.14. The highest BCUT2D eigenvalue weighted by Gasteiger charge is 2.34. The minimum atomic E-state index is -4.61. The molecule has 0 amide bonds. The zero-order chi connectivity index (χ0) is 31.7. The summed E-state index contributed by atoms with van der Waals surface area (Å²) in [5.41, 5.74) is 3.57. The SMILES string of the molecule is Cc1ccn(-c2nc(N(c3ccccc3)c3ccc(-c4ccncc4)c(-n4ccc(C(F)(F)F)n4)n3)ccc2-c2ccncc2)n1. The van der Waals surface area contributed by atoms with Crippen LogP contribution in [0.1, 0.15) is 11.4 Å². The van der Waals surface area contributed by atoms with E-state index in [1.54, 1.807) is 53.7 Å². The fourth-order valence-electron chi connectivity index (χ4n) is 5.07. The Balaban J connectivity index is 1.44. The van der Waals surface area contributed by atoms with Gasteiger partial charge < -0.3 is 0 Å². The van der Waals surface area contributed by atoms with Crippen LogP contribution in [0.4, 0.5) is 30.5 Å². The van der Waals surface area contributed by atoms with Crippen LogP contribution in [-0.2, 0) is 6.18 Å². The number of anilines is 3. The number of nitrogens with zero attached hydrogens (tertiary/aromatic N) is 9. The number of aryl methyl sites for hydroxylation is 1. The zero-order valence-corrected chi connectivity index (χ0v) is 24.3. The molecule has 0 fully saturated rings. The summed E-state index contributed by atoms with van der Waals surface area (Å²) in [4.78, 5) is 20.1. The largest absolute Gasteiger partial charge is 0.435 e. The van der Waals surface area contributed by atoms with Crippen molar-refractivity contribution < 1.29 is 13.2 Å². The number of rotatable bonds is 7. The van der Waals surface area contributed by atoms with Crippen LogP contribution in [0.15, 0.2) is 128 Å². The van der Waals surface area contributed by atoms with E-state index in [1.165, 1.54) is 6.20 Å². The van der Waals surface area contributed by atoms with E-state index < -0.39 is 11.9 Å². The lowest BCUT2D eigenvalue weighted by Gasteiger charge is -2.25. The minimum absolute atomic E-state index is 0.205. The normalized spacial score (nSPS) is 11.5. The fourth-order valence-corrected chi connectivity index (χ4v) is 5.07. The second kappa shape index (κ2) is 11.7. The van der Waals surface area contributed by atoms with Gasteiger partial charge in [0.2, 0.25) is 0 Å². The van der Waals surface area contributed by atoms with Crippen LogP contribution in [0.2, 0.25) is 0 Å². The number of aromatic nitrogens is 8. The van der Waals surface area contributed by atoms with Gasteiger partial charge >= 0.3 is 6.18 Å². The van der Waals surface area contributed by atoms with E-state index in [9.17, 15) is 13.2 Å². The number of halogens is 3. The van der Waals surface area contributed by atoms with Gasteiger partial charge in [0.05, 0.1) is 5.69 Å². The first-order valence-corrected chi connectivity index (χ1v) is 14.2. The Hall–Kier alpha value is -6.17. The van der Waals surface area contributed by atoms with Gasteiger partial charge in [-0.25, -0.2) is 19.3 Å². The highest BCUT2D eigenvalue weighted by Crippen LogP contribution is 2.37. The average molecular weight is 616 g/mol. The van der Waals surface area contributed by atoms with Gasteiger partial charge in [0.25, 0.3) is 0 Å². The van der Waals surface area contributed by atoms with E-state index in [0.717, 1.165) is 38.8 Å². The monoisotopic (exact) mass is 615 g/mol. The Bertz CT molecular complexity index is 2110. The third-order valence-corrected chi connectivity index (χ3v) is 7.21. The molecule has 12 heteroatoms. The zero-order valence-electron chi connectivity index (χ0n) is 24.3. The molecule has 0 N–H and O–H groups in total.